The van der Waals surface area contributed by atoms with Crippen molar-refractivity contribution in [1.29, 1.82) is 5.26 Å². The van der Waals surface area contributed by atoms with Gasteiger partial charge in [0.25, 0.3) is 11.8 Å². The van der Waals surface area contributed by atoms with Gasteiger partial charge >= 0.3 is 0 Å². The van der Waals surface area contributed by atoms with Gasteiger partial charge in [0, 0.05) is 24.8 Å². The van der Waals surface area contributed by atoms with Crippen LogP contribution >= 0.6 is 0 Å². The van der Waals surface area contributed by atoms with E-state index in [9.17, 15) is 14.7 Å². The van der Waals surface area contributed by atoms with E-state index in [1.807, 2.05) is 11.0 Å². The number of aliphatic hydroxyl groups is 1. The maximum Gasteiger partial charge on any atom is 0.258 e. The van der Waals surface area contributed by atoms with Crippen LogP contribution in [0.3, 0.4) is 0 Å². The molecule has 31 heavy (non-hydrogen) atoms. The van der Waals surface area contributed by atoms with Crippen molar-refractivity contribution in [3.63, 3.8) is 0 Å². The number of piperidine rings is 1. The Balaban J connectivity index is 1.64. The molecule has 0 aliphatic carbocycles. The Labute approximate surface area is 178 Å². The lowest BCUT2D eigenvalue weighted by atomic mass is 10.1. The number of nitrogens with zero attached hydrogens (tertiary/aromatic N) is 5. The molecule has 3 aromatic rings. The predicted molar refractivity (Wildman–Crippen MR) is 113 cm³/mol. The fourth-order valence-corrected chi connectivity index (χ4v) is 3.72. The maximum atomic E-state index is 12.8. The fourth-order valence-electron chi connectivity index (χ4n) is 3.72. The number of anilines is 1. The van der Waals surface area contributed by atoms with E-state index >= 15 is 0 Å². The van der Waals surface area contributed by atoms with Gasteiger partial charge in [-0.2, -0.15) is 5.26 Å². The second kappa shape index (κ2) is 8.93. The van der Waals surface area contributed by atoms with Gasteiger partial charge < -0.3 is 10.0 Å². The number of carbonyl (C=O) groups excluding carboxylic acids is 2. The highest BCUT2D eigenvalue weighted by molar-refractivity contribution is 6.04. The Morgan fingerprint density at radius 3 is 2.71 bits per heavy atom. The van der Waals surface area contributed by atoms with Gasteiger partial charge in [-0.25, -0.2) is 9.97 Å². The van der Waals surface area contributed by atoms with Gasteiger partial charge in [0.2, 0.25) is 5.95 Å². The summed E-state index contributed by atoms with van der Waals surface area (Å²) in [6, 6.07) is 10.0. The van der Waals surface area contributed by atoms with Gasteiger partial charge in [0.15, 0.2) is 5.65 Å². The van der Waals surface area contributed by atoms with Gasteiger partial charge in [-0.3, -0.25) is 19.5 Å². The molecule has 4 rings (SSSR count). The molecule has 2 amide bonds. The summed E-state index contributed by atoms with van der Waals surface area (Å²) in [5.41, 5.74) is 2.06. The molecule has 0 saturated carbocycles. The first kappa shape index (κ1) is 20.5. The number of rotatable bonds is 5. The first-order chi connectivity index (χ1) is 15.1. The van der Waals surface area contributed by atoms with Crippen molar-refractivity contribution in [2.45, 2.75) is 25.8 Å². The average Bonchev–Trinajstić information content (AvgIpc) is 3.15. The lowest BCUT2D eigenvalue weighted by molar-refractivity contribution is 0.0724. The lowest BCUT2D eigenvalue weighted by Gasteiger charge is -2.26. The third-order valence-corrected chi connectivity index (χ3v) is 5.28. The largest absolute Gasteiger partial charge is 0.395 e. The summed E-state index contributed by atoms with van der Waals surface area (Å²) in [6.45, 7) is 1.48. The minimum atomic E-state index is -0.434. The summed E-state index contributed by atoms with van der Waals surface area (Å²) in [5.74, 6) is -0.299. The van der Waals surface area contributed by atoms with Crippen LogP contribution in [-0.4, -0.2) is 56.1 Å². The molecule has 0 atom stereocenters. The standard InChI is InChI=1S/C22H22N6O3/c23-13-15-5-4-6-16(11-15)20(30)26-22-25-18-12-17(14-24-19(18)28(22)9-10-29)21(31)27-7-2-1-3-8-27/h4-6,11-12,14,29H,1-3,7-10H2,(H,25,26,30). The van der Waals surface area contributed by atoms with Gasteiger partial charge in [0.05, 0.1) is 30.3 Å². The number of nitriles is 1. The normalized spacial score (nSPS) is 13.7. The molecule has 1 saturated heterocycles. The lowest BCUT2D eigenvalue weighted by Crippen LogP contribution is -2.35. The van der Waals surface area contributed by atoms with E-state index in [1.54, 1.807) is 28.8 Å². The van der Waals surface area contributed by atoms with E-state index < -0.39 is 5.91 Å². The smallest absolute Gasteiger partial charge is 0.258 e. The molecule has 2 N–H and O–H groups in total. The van der Waals surface area contributed by atoms with Crippen molar-refractivity contribution < 1.29 is 14.7 Å². The van der Waals surface area contributed by atoms with Crippen molar-refractivity contribution >= 4 is 28.9 Å². The zero-order chi connectivity index (χ0) is 21.8. The van der Waals surface area contributed by atoms with Crippen molar-refractivity contribution in [2.75, 3.05) is 25.0 Å². The summed E-state index contributed by atoms with van der Waals surface area (Å²) in [5, 5.41) is 21.2. The Morgan fingerprint density at radius 1 is 1.16 bits per heavy atom. The topological polar surface area (TPSA) is 124 Å². The molecule has 1 aliphatic heterocycles. The number of fused-ring (bicyclic) bond motifs is 1. The Hall–Kier alpha value is -3.77. The summed E-state index contributed by atoms with van der Waals surface area (Å²) in [4.78, 5) is 36.1. The van der Waals surface area contributed by atoms with Crippen LogP contribution in [0.2, 0.25) is 0 Å². The molecule has 9 heteroatoms. The molecule has 0 spiro atoms. The maximum absolute atomic E-state index is 12.8. The number of hydrogen-bond acceptors (Lipinski definition) is 6. The van der Waals surface area contributed by atoms with Crippen LogP contribution in [-0.2, 0) is 6.54 Å². The van der Waals surface area contributed by atoms with E-state index in [1.165, 1.54) is 12.3 Å². The quantitative estimate of drug-likeness (QED) is 0.654. The fraction of sp³-hybridized carbons (Fsp3) is 0.318. The van der Waals surface area contributed by atoms with Crippen LogP contribution < -0.4 is 5.32 Å². The zero-order valence-electron chi connectivity index (χ0n) is 16.9. The van der Waals surface area contributed by atoms with Crippen molar-refractivity contribution in [3.05, 3.63) is 53.2 Å². The number of aromatic nitrogens is 3. The number of carbonyl (C=O) groups is 2. The van der Waals surface area contributed by atoms with E-state index in [0.29, 0.717) is 27.9 Å². The van der Waals surface area contributed by atoms with Crippen molar-refractivity contribution in [2.24, 2.45) is 0 Å². The van der Waals surface area contributed by atoms with E-state index in [0.717, 1.165) is 32.4 Å². The molecule has 0 radical (unpaired) electrons. The van der Waals surface area contributed by atoms with E-state index in [-0.39, 0.29) is 25.0 Å². The molecule has 158 valence electrons. The number of aliphatic hydroxyl groups excluding tert-OH is 1. The number of pyridine rings is 1. The number of benzene rings is 1. The zero-order valence-corrected chi connectivity index (χ0v) is 16.9. The van der Waals surface area contributed by atoms with Crippen LogP contribution in [0.5, 0.6) is 0 Å². The van der Waals surface area contributed by atoms with Crippen LogP contribution in [0, 0.1) is 11.3 Å². The Bertz CT molecular complexity index is 1170. The summed E-state index contributed by atoms with van der Waals surface area (Å²) in [6.07, 6.45) is 4.63. The van der Waals surface area contributed by atoms with Gasteiger partial charge in [0.1, 0.15) is 5.52 Å². The van der Waals surface area contributed by atoms with Crippen LogP contribution in [0.1, 0.15) is 45.5 Å². The molecule has 1 aliphatic rings. The molecule has 2 aromatic heterocycles. The minimum Gasteiger partial charge on any atom is -0.395 e. The molecule has 1 aromatic carbocycles. The van der Waals surface area contributed by atoms with Crippen LogP contribution in [0.4, 0.5) is 5.95 Å². The average molecular weight is 418 g/mol. The first-order valence-electron chi connectivity index (χ1n) is 10.2. The summed E-state index contributed by atoms with van der Waals surface area (Å²) < 4.78 is 1.59. The second-order valence-electron chi connectivity index (χ2n) is 7.38. The summed E-state index contributed by atoms with van der Waals surface area (Å²) >= 11 is 0. The van der Waals surface area contributed by atoms with Gasteiger partial charge in [-0.15, -0.1) is 0 Å². The monoisotopic (exact) mass is 418 g/mol. The van der Waals surface area contributed by atoms with E-state index in [2.05, 4.69) is 15.3 Å². The number of likely N-dealkylation sites (tertiary alicyclic amines) is 1. The van der Waals surface area contributed by atoms with Gasteiger partial charge in [-0.1, -0.05) is 6.07 Å². The molecule has 3 heterocycles. The Morgan fingerprint density at radius 2 is 1.97 bits per heavy atom. The highest BCUT2D eigenvalue weighted by atomic mass is 16.3. The van der Waals surface area contributed by atoms with Crippen LogP contribution in [0.25, 0.3) is 11.2 Å². The molecule has 9 nitrogen and oxygen atoms in total. The first-order valence-corrected chi connectivity index (χ1v) is 10.2. The molecular formula is C22H22N6O3. The van der Waals surface area contributed by atoms with E-state index in [4.69, 9.17) is 5.26 Å². The SMILES string of the molecule is N#Cc1cccc(C(=O)Nc2nc3cc(C(=O)N4CCCCC4)cnc3n2CCO)c1. The highest BCUT2D eigenvalue weighted by Gasteiger charge is 2.21. The second-order valence-corrected chi connectivity index (χ2v) is 7.38. The third kappa shape index (κ3) is 4.25. The van der Waals surface area contributed by atoms with Gasteiger partial charge in [-0.05, 0) is 43.5 Å². The van der Waals surface area contributed by atoms with Crippen LogP contribution in [0.15, 0.2) is 36.5 Å². The number of hydrogen-bond donors (Lipinski definition) is 2. The third-order valence-electron chi connectivity index (χ3n) is 5.28. The predicted octanol–water partition coefficient (Wildman–Crippen LogP) is 2.17. The molecule has 1 fully saturated rings. The molecule has 0 unspecified atom stereocenters. The minimum absolute atomic E-state index is 0.0790. The summed E-state index contributed by atoms with van der Waals surface area (Å²) in [7, 11) is 0. The van der Waals surface area contributed by atoms with Crippen molar-refractivity contribution in [3.8, 4) is 6.07 Å². The Kier molecular flexibility index (Phi) is 5.91. The highest BCUT2D eigenvalue weighted by Crippen LogP contribution is 2.21. The molecule has 0 bridgehead atoms. The number of nitrogens with one attached hydrogen (secondary N) is 1. The number of amides is 2. The number of imidazole rings is 1. The molecular weight excluding hydrogens is 396 g/mol. The van der Waals surface area contributed by atoms with Crippen molar-refractivity contribution in [1.82, 2.24) is 19.4 Å².